The number of pyridine rings is 2. The van der Waals surface area contributed by atoms with Crippen molar-refractivity contribution in [3.63, 3.8) is 0 Å². The number of anilines is 2. The monoisotopic (exact) mass is 644 g/mol. The first-order valence-electron chi connectivity index (χ1n) is 15.5. The van der Waals surface area contributed by atoms with Gasteiger partial charge in [-0.3, -0.25) is 0 Å². The van der Waals surface area contributed by atoms with E-state index in [1.165, 1.54) is 51.7 Å². The van der Waals surface area contributed by atoms with E-state index in [2.05, 4.69) is 123 Å². The van der Waals surface area contributed by atoms with Crippen LogP contribution in [0.25, 0.3) is 23.1 Å². The zero-order valence-electron chi connectivity index (χ0n) is 25.4. The molecule has 0 atom stereocenters. The molecule has 4 aromatic rings. The summed E-state index contributed by atoms with van der Waals surface area (Å²) in [6, 6.07) is 11.3. The fraction of sp³-hybridized carbons (Fsp3) is 0.297. The van der Waals surface area contributed by atoms with Crippen molar-refractivity contribution in [2.24, 2.45) is 7.05 Å². The van der Waals surface area contributed by atoms with Gasteiger partial charge >= 0.3 is 0 Å². The molecule has 2 aliphatic carbocycles. The van der Waals surface area contributed by atoms with Gasteiger partial charge in [-0.1, -0.05) is 38.1 Å². The van der Waals surface area contributed by atoms with E-state index in [-0.39, 0.29) is 10.8 Å². The van der Waals surface area contributed by atoms with Crippen LogP contribution in [0, 0.1) is 0 Å². The minimum atomic E-state index is 0.0577. The third-order valence-electron chi connectivity index (χ3n) is 10.6. The second-order valence-corrected chi connectivity index (χ2v) is 14.0. The van der Waals surface area contributed by atoms with Gasteiger partial charge in [-0.25, -0.2) is 9.97 Å². The zero-order valence-corrected chi connectivity index (χ0v) is 27.0. The predicted molar refractivity (Wildman–Crippen MR) is 184 cm³/mol. The van der Waals surface area contributed by atoms with Gasteiger partial charge in [0.15, 0.2) is 0 Å². The number of hydrogen-bond donors (Lipinski definition) is 2. The van der Waals surface area contributed by atoms with Gasteiger partial charge in [-0.2, -0.15) is 0 Å². The van der Waals surface area contributed by atoms with Crippen molar-refractivity contribution in [1.82, 2.24) is 19.4 Å². The van der Waals surface area contributed by atoms with Gasteiger partial charge < -0.3 is 20.1 Å². The molecule has 3 aromatic heterocycles. The molecule has 2 aliphatic heterocycles. The number of aromatic nitrogens is 3. The number of likely N-dealkylation sites (N-methyl/N-ethyl adjacent to an activating group) is 1. The van der Waals surface area contributed by atoms with Crippen LogP contribution in [0.5, 0.6) is 0 Å². The highest BCUT2D eigenvalue weighted by Gasteiger charge is 2.49. The number of halogens is 1. The SMILES string of the molecule is C=C(/C=C/c1cnc2c(c1)C1(CCC1)C(=C)N2)N(C)Cc1cn(C)c2ccc(/C=C3/Nc4ncc(Br)cc4C34CCC4)cc12. The van der Waals surface area contributed by atoms with Crippen LogP contribution in [-0.4, -0.2) is 26.5 Å². The molecule has 4 aliphatic rings. The third-order valence-corrected chi connectivity index (χ3v) is 11.0. The van der Waals surface area contributed by atoms with E-state index in [1.54, 1.807) is 0 Å². The second-order valence-electron chi connectivity index (χ2n) is 13.1. The summed E-state index contributed by atoms with van der Waals surface area (Å²) in [5, 5.41) is 8.34. The second kappa shape index (κ2) is 9.96. The Morgan fingerprint density at radius 1 is 1.00 bits per heavy atom. The minimum absolute atomic E-state index is 0.0577. The van der Waals surface area contributed by atoms with Crippen LogP contribution in [0.1, 0.15) is 66.3 Å². The van der Waals surface area contributed by atoms with Crippen molar-refractivity contribution in [3.05, 3.63) is 118 Å². The fourth-order valence-electron chi connectivity index (χ4n) is 7.65. The number of nitrogens with one attached hydrogen (secondary N) is 2. The molecule has 5 heterocycles. The highest BCUT2D eigenvalue weighted by molar-refractivity contribution is 9.10. The molecule has 8 rings (SSSR count). The van der Waals surface area contributed by atoms with Crippen LogP contribution < -0.4 is 10.6 Å². The maximum Gasteiger partial charge on any atom is 0.134 e. The molecule has 6 nitrogen and oxygen atoms in total. The quantitative estimate of drug-likeness (QED) is 0.206. The molecule has 0 amide bonds. The molecule has 2 N–H and O–H groups in total. The molecule has 44 heavy (non-hydrogen) atoms. The van der Waals surface area contributed by atoms with Gasteiger partial charge in [-0.05, 0) is 94.7 Å². The summed E-state index contributed by atoms with van der Waals surface area (Å²) < 4.78 is 3.26. The maximum atomic E-state index is 4.71. The predicted octanol–water partition coefficient (Wildman–Crippen LogP) is 8.64. The lowest BCUT2D eigenvalue weighted by Gasteiger charge is -2.39. The molecule has 0 radical (unpaired) electrons. The largest absolute Gasteiger partial charge is 0.371 e. The Morgan fingerprint density at radius 2 is 1.73 bits per heavy atom. The number of rotatable bonds is 6. The van der Waals surface area contributed by atoms with Crippen LogP contribution >= 0.6 is 15.9 Å². The van der Waals surface area contributed by atoms with Gasteiger partial charge in [0.25, 0.3) is 0 Å². The van der Waals surface area contributed by atoms with Crippen LogP contribution in [0.3, 0.4) is 0 Å². The van der Waals surface area contributed by atoms with Gasteiger partial charge in [0.05, 0.1) is 0 Å². The Labute approximate surface area is 267 Å². The van der Waals surface area contributed by atoms with Crippen molar-refractivity contribution in [1.29, 1.82) is 0 Å². The Bertz CT molecular complexity index is 1940. The highest BCUT2D eigenvalue weighted by atomic mass is 79.9. The lowest BCUT2D eigenvalue weighted by atomic mass is 9.64. The van der Waals surface area contributed by atoms with Gasteiger partial charge in [0, 0.05) is 93.7 Å². The molecule has 0 unspecified atom stereocenters. The fourth-order valence-corrected chi connectivity index (χ4v) is 7.98. The zero-order chi connectivity index (χ0) is 30.2. The number of aryl methyl sites for hydroxylation is 1. The van der Waals surface area contributed by atoms with Crippen molar-refractivity contribution >= 4 is 50.6 Å². The summed E-state index contributed by atoms with van der Waals surface area (Å²) in [4.78, 5) is 11.6. The van der Waals surface area contributed by atoms with Crippen LogP contribution in [0.2, 0.25) is 0 Å². The standard InChI is InChI=1S/C37H37BrN6/c1-23(7-8-26-16-30-34(39-19-26)41-24(2)36(30)11-5-12-36)43(3)21-27-22-44(4)32-10-9-25(15-29(27)32)17-33-37(13-6-14-37)31-18-28(38)20-40-35(31)42-33/h7-10,15-20,22H,1-2,5-6,11-14,21H2,3-4H3,(H,39,41)(H,40,42)/b8-7+,33-17+. The average molecular weight is 646 g/mol. The molecule has 2 saturated carbocycles. The first-order valence-corrected chi connectivity index (χ1v) is 16.3. The van der Waals surface area contributed by atoms with Gasteiger partial charge in [0.2, 0.25) is 0 Å². The highest BCUT2D eigenvalue weighted by Crippen LogP contribution is 2.56. The minimum Gasteiger partial charge on any atom is -0.371 e. The molecule has 222 valence electrons. The van der Waals surface area contributed by atoms with E-state index >= 15 is 0 Å². The van der Waals surface area contributed by atoms with E-state index in [4.69, 9.17) is 4.98 Å². The molecule has 2 spiro atoms. The number of allylic oxidation sites excluding steroid dienone is 3. The van der Waals surface area contributed by atoms with Crippen molar-refractivity contribution < 1.29 is 0 Å². The maximum absolute atomic E-state index is 4.71. The van der Waals surface area contributed by atoms with Crippen LogP contribution in [0.4, 0.5) is 11.6 Å². The third kappa shape index (κ3) is 4.12. The first-order chi connectivity index (χ1) is 21.3. The summed E-state index contributed by atoms with van der Waals surface area (Å²) >= 11 is 3.63. The van der Waals surface area contributed by atoms with Gasteiger partial charge in [-0.15, -0.1) is 0 Å². The smallest absolute Gasteiger partial charge is 0.134 e. The van der Waals surface area contributed by atoms with E-state index in [1.807, 2.05) is 12.4 Å². The normalized spacial score (nSPS) is 19.6. The van der Waals surface area contributed by atoms with Crippen LogP contribution in [0.15, 0.2) is 89.7 Å². The summed E-state index contributed by atoms with van der Waals surface area (Å²) in [7, 11) is 4.24. The molecule has 0 bridgehead atoms. The molecule has 2 fully saturated rings. The number of benzene rings is 1. The van der Waals surface area contributed by atoms with E-state index < -0.39 is 0 Å². The van der Waals surface area contributed by atoms with Crippen LogP contribution in [-0.2, 0) is 24.4 Å². The molecular weight excluding hydrogens is 608 g/mol. The van der Waals surface area contributed by atoms with Crippen molar-refractivity contribution in [2.45, 2.75) is 55.9 Å². The lowest BCUT2D eigenvalue weighted by Crippen LogP contribution is -2.34. The Morgan fingerprint density at radius 3 is 2.48 bits per heavy atom. The molecule has 1 aromatic carbocycles. The first kappa shape index (κ1) is 27.4. The number of nitrogens with zero attached hydrogens (tertiary/aromatic N) is 4. The molecule has 7 heteroatoms. The molecule has 0 saturated heterocycles. The average Bonchev–Trinajstić information content (AvgIpc) is 3.56. The van der Waals surface area contributed by atoms with E-state index in [0.717, 1.165) is 65.3 Å². The summed E-state index contributed by atoms with van der Waals surface area (Å²) in [5.41, 5.74) is 10.9. The lowest BCUT2D eigenvalue weighted by molar-refractivity contribution is 0.307. The van der Waals surface area contributed by atoms with Crippen molar-refractivity contribution in [2.75, 3.05) is 17.7 Å². The Hall–Kier alpha value is -4.10. The van der Waals surface area contributed by atoms with Gasteiger partial charge in [0.1, 0.15) is 11.6 Å². The number of fused-ring (bicyclic) bond motifs is 5. The van der Waals surface area contributed by atoms with E-state index in [0.29, 0.717) is 0 Å². The summed E-state index contributed by atoms with van der Waals surface area (Å²) in [5.74, 6) is 1.96. The van der Waals surface area contributed by atoms with E-state index in [9.17, 15) is 0 Å². The summed E-state index contributed by atoms with van der Waals surface area (Å²) in [6.45, 7) is 9.45. The Kier molecular flexibility index (Phi) is 6.21. The molecular formula is C37H37BrN6. The summed E-state index contributed by atoms with van der Waals surface area (Å²) in [6.07, 6.45) is 19.7. The topological polar surface area (TPSA) is 58.0 Å². The van der Waals surface area contributed by atoms with Crippen molar-refractivity contribution in [3.8, 4) is 0 Å². The Balaban J connectivity index is 1.03. The number of hydrogen-bond acceptors (Lipinski definition) is 5.